The predicted octanol–water partition coefficient (Wildman–Crippen LogP) is 8.03. The maximum atomic E-state index is 13.7. The van der Waals surface area contributed by atoms with Gasteiger partial charge in [-0.1, -0.05) is 66.2 Å². The first-order chi connectivity index (χ1) is 28.4. The molecule has 6 aromatic rings. The Labute approximate surface area is 352 Å². The van der Waals surface area contributed by atoms with Crippen molar-refractivity contribution in [3.63, 3.8) is 0 Å². The van der Waals surface area contributed by atoms with Gasteiger partial charge in [0.05, 0.1) is 15.3 Å². The SMILES string of the molecule is CN(C)C(=O)C[C@H](CSc1ccccc1)Nc1ccc(S(=O)(=O)Nc2ncnc3cc(N4CCN(Cc5ccccc5-c5ccc(Cl)cc5)CC4)ccc23)cc1[N+](=O)[O-]. The van der Waals surface area contributed by atoms with E-state index in [0.717, 1.165) is 54.9 Å². The summed E-state index contributed by atoms with van der Waals surface area (Å²) in [6, 6.07) is 34.7. The van der Waals surface area contributed by atoms with E-state index in [-0.39, 0.29) is 28.7 Å². The second-order valence-corrected chi connectivity index (χ2v) is 17.6. The zero-order valence-corrected chi connectivity index (χ0v) is 34.9. The van der Waals surface area contributed by atoms with Crippen molar-refractivity contribution in [1.29, 1.82) is 0 Å². The number of thioether (sulfide) groups is 1. The average Bonchev–Trinajstić information content (AvgIpc) is 3.23. The van der Waals surface area contributed by atoms with Gasteiger partial charge in [0.25, 0.3) is 15.7 Å². The molecule has 0 saturated carbocycles. The van der Waals surface area contributed by atoms with Gasteiger partial charge in [-0.25, -0.2) is 18.4 Å². The number of hydrogen-bond acceptors (Lipinski definition) is 11. The maximum Gasteiger partial charge on any atom is 0.293 e. The van der Waals surface area contributed by atoms with E-state index >= 15 is 0 Å². The summed E-state index contributed by atoms with van der Waals surface area (Å²) < 4.78 is 30.0. The van der Waals surface area contributed by atoms with Gasteiger partial charge in [-0.05, 0) is 71.3 Å². The number of aromatic nitrogens is 2. The van der Waals surface area contributed by atoms with Crippen LogP contribution < -0.4 is 14.9 Å². The molecule has 1 fully saturated rings. The number of carbonyl (C=O) groups is 1. The lowest BCUT2D eigenvalue weighted by atomic mass is 9.99. The van der Waals surface area contributed by atoms with E-state index in [4.69, 9.17) is 11.6 Å². The molecule has 0 bridgehead atoms. The fraction of sp³-hybridized carbons (Fsp3) is 0.233. The smallest absolute Gasteiger partial charge is 0.293 e. The van der Waals surface area contributed by atoms with Crippen molar-refractivity contribution in [2.24, 2.45) is 0 Å². The largest absolute Gasteiger partial charge is 0.375 e. The van der Waals surface area contributed by atoms with Crippen molar-refractivity contribution < 1.29 is 18.1 Å². The number of fused-ring (bicyclic) bond motifs is 1. The summed E-state index contributed by atoms with van der Waals surface area (Å²) in [4.78, 5) is 39.9. The number of nitrogens with one attached hydrogen (secondary N) is 2. The molecule has 0 radical (unpaired) electrons. The maximum absolute atomic E-state index is 13.7. The molecule has 304 valence electrons. The number of halogens is 1. The number of amides is 1. The fourth-order valence-electron chi connectivity index (χ4n) is 6.91. The van der Waals surface area contributed by atoms with E-state index in [0.29, 0.717) is 21.7 Å². The summed E-state index contributed by atoms with van der Waals surface area (Å²) in [5, 5.41) is 16.6. The number of anilines is 3. The standard InChI is InChI=1S/C43H43ClN8O5S2/c1-49(2)42(53)24-33(28-58-35-9-4-3-5-10-35)47-39-19-17-36(26-41(39)52(54)55)59(56,57)48-43-38-18-16-34(25-40(38)45-29-46-43)51-22-20-50(21-23-51)27-31-8-6-7-11-37(31)30-12-14-32(44)15-13-30/h3-19,25-26,29,33,47H,20-24,27-28H2,1-2H3,(H,45,46,48)/t33-/m1/s1. The van der Waals surface area contributed by atoms with E-state index in [1.165, 1.54) is 46.2 Å². The van der Waals surface area contributed by atoms with Crippen molar-refractivity contribution in [2.45, 2.75) is 28.8 Å². The number of piperazine rings is 1. The number of hydrogen-bond donors (Lipinski definition) is 2. The number of nitrogens with zero attached hydrogens (tertiary/aromatic N) is 6. The van der Waals surface area contributed by atoms with Crippen LogP contribution >= 0.6 is 23.4 Å². The summed E-state index contributed by atoms with van der Waals surface area (Å²) in [6.07, 6.45) is 1.36. The highest BCUT2D eigenvalue weighted by Crippen LogP contribution is 2.33. The third-order valence-corrected chi connectivity index (χ3v) is 12.9. The monoisotopic (exact) mass is 850 g/mol. The third-order valence-electron chi connectivity index (χ3n) is 10.1. The number of sulfonamides is 1. The molecule has 0 spiro atoms. The Morgan fingerprint density at radius 3 is 2.37 bits per heavy atom. The first kappa shape index (κ1) is 41.4. The van der Waals surface area contributed by atoms with Gasteiger partial charge in [0.1, 0.15) is 12.0 Å². The summed E-state index contributed by atoms with van der Waals surface area (Å²) in [7, 11) is -1.04. The molecule has 16 heteroatoms. The lowest BCUT2D eigenvalue weighted by Crippen LogP contribution is -2.46. The molecule has 1 atom stereocenters. The number of benzene rings is 5. The molecule has 59 heavy (non-hydrogen) atoms. The normalized spacial score (nSPS) is 13.8. The van der Waals surface area contributed by atoms with Crippen molar-refractivity contribution in [3.05, 3.63) is 142 Å². The molecule has 2 heterocycles. The first-order valence-electron chi connectivity index (χ1n) is 19.0. The van der Waals surface area contributed by atoms with Crippen LogP contribution in [0.4, 0.5) is 22.9 Å². The molecular weight excluding hydrogens is 808 g/mol. The first-order valence-corrected chi connectivity index (χ1v) is 21.8. The minimum atomic E-state index is -4.33. The second kappa shape index (κ2) is 18.5. The van der Waals surface area contributed by atoms with Crippen LogP contribution in [0.25, 0.3) is 22.0 Å². The second-order valence-electron chi connectivity index (χ2n) is 14.4. The molecule has 13 nitrogen and oxygen atoms in total. The molecule has 1 saturated heterocycles. The third kappa shape index (κ3) is 10.3. The zero-order chi connectivity index (χ0) is 41.5. The fourth-order valence-corrected chi connectivity index (χ4v) is 9.03. The van der Waals surface area contributed by atoms with Gasteiger partial charge in [0.2, 0.25) is 5.91 Å². The minimum absolute atomic E-state index is 0.0516. The van der Waals surface area contributed by atoms with Crippen LogP contribution in [0.1, 0.15) is 12.0 Å². The van der Waals surface area contributed by atoms with E-state index < -0.39 is 26.7 Å². The lowest BCUT2D eigenvalue weighted by molar-refractivity contribution is -0.384. The molecule has 1 aromatic heterocycles. The average molecular weight is 851 g/mol. The molecular formula is C43H43ClN8O5S2. The van der Waals surface area contributed by atoms with Crippen molar-refractivity contribution in [2.75, 3.05) is 61.0 Å². The van der Waals surface area contributed by atoms with E-state index in [2.05, 4.69) is 54.1 Å². The van der Waals surface area contributed by atoms with Gasteiger partial charge < -0.3 is 15.1 Å². The number of carbonyl (C=O) groups excluding carboxylic acids is 1. The molecule has 5 aromatic carbocycles. The van der Waals surface area contributed by atoms with Gasteiger partial charge in [0.15, 0.2) is 5.82 Å². The molecule has 2 N–H and O–H groups in total. The van der Waals surface area contributed by atoms with E-state index in [9.17, 15) is 23.3 Å². The van der Waals surface area contributed by atoms with Crippen molar-refractivity contribution in [3.8, 4) is 11.1 Å². The van der Waals surface area contributed by atoms with Gasteiger partial charge in [-0.2, -0.15) is 0 Å². The van der Waals surface area contributed by atoms with Crippen LogP contribution in [0.3, 0.4) is 0 Å². The Morgan fingerprint density at radius 1 is 0.915 bits per heavy atom. The van der Waals surface area contributed by atoms with Crippen molar-refractivity contribution in [1.82, 2.24) is 19.8 Å². The predicted molar refractivity (Wildman–Crippen MR) is 236 cm³/mol. The molecule has 1 aliphatic heterocycles. The number of rotatable bonds is 15. The minimum Gasteiger partial charge on any atom is -0.375 e. The summed E-state index contributed by atoms with van der Waals surface area (Å²) in [5.74, 6) is 0.329. The van der Waals surface area contributed by atoms with Gasteiger partial charge in [0, 0.05) is 92.1 Å². The van der Waals surface area contributed by atoms with Crippen LogP contribution in [-0.2, 0) is 21.4 Å². The summed E-state index contributed by atoms with van der Waals surface area (Å²) in [6.45, 7) is 4.10. The number of nitro benzene ring substituents is 1. The van der Waals surface area contributed by atoms with Crippen LogP contribution in [0.2, 0.25) is 5.02 Å². The summed E-state index contributed by atoms with van der Waals surface area (Å²) >= 11 is 7.64. The molecule has 0 unspecified atom stereocenters. The highest BCUT2D eigenvalue weighted by atomic mass is 35.5. The molecule has 1 aliphatic rings. The van der Waals surface area contributed by atoms with Gasteiger partial charge in [-0.15, -0.1) is 11.8 Å². The van der Waals surface area contributed by atoms with Crippen LogP contribution in [0.15, 0.2) is 131 Å². The molecule has 0 aliphatic carbocycles. The van der Waals surface area contributed by atoms with Crippen LogP contribution in [0, 0.1) is 10.1 Å². The zero-order valence-electron chi connectivity index (χ0n) is 32.5. The molecule has 7 rings (SSSR count). The van der Waals surface area contributed by atoms with Crippen molar-refractivity contribution >= 4 is 73.1 Å². The number of nitro groups is 1. The molecule has 1 amide bonds. The Hall–Kier alpha value is -5.74. The quantitative estimate of drug-likeness (QED) is 0.0587. The van der Waals surface area contributed by atoms with Gasteiger partial charge >= 0.3 is 0 Å². The van der Waals surface area contributed by atoms with Crippen LogP contribution in [-0.4, -0.2) is 91.1 Å². The topological polar surface area (TPSA) is 154 Å². The lowest BCUT2D eigenvalue weighted by Gasteiger charge is -2.36. The Bertz CT molecular complexity index is 2560. The van der Waals surface area contributed by atoms with Crippen LogP contribution in [0.5, 0.6) is 0 Å². The van der Waals surface area contributed by atoms with Gasteiger partial charge in [-0.3, -0.25) is 24.5 Å². The Morgan fingerprint density at radius 2 is 1.64 bits per heavy atom. The van der Waals surface area contributed by atoms with E-state index in [1.807, 2.05) is 66.7 Å². The highest BCUT2D eigenvalue weighted by molar-refractivity contribution is 7.99. The van der Waals surface area contributed by atoms with E-state index in [1.54, 1.807) is 20.2 Å². The Kier molecular flexibility index (Phi) is 13.0. The Balaban J connectivity index is 1.03. The highest BCUT2D eigenvalue weighted by Gasteiger charge is 2.26. The summed E-state index contributed by atoms with van der Waals surface area (Å²) in [5.41, 5.74) is 4.73.